The zero-order valence-electron chi connectivity index (χ0n) is 20.3. The summed E-state index contributed by atoms with van der Waals surface area (Å²) in [6.07, 6.45) is 7.81. The molecule has 1 saturated carbocycles. The molecule has 1 spiro atoms. The molecule has 3 fully saturated rings. The molecule has 2 aromatic rings. The summed E-state index contributed by atoms with van der Waals surface area (Å²) >= 11 is 6.12. The quantitative estimate of drug-likeness (QED) is 0.566. The van der Waals surface area contributed by atoms with Gasteiger partial charge in [0.15, 0.2) is 0 Å². The summed E-state index contributed by atoms with van der Waals surface area (Å²) in [5, 5.41) is 16.9. The van der Waals surface area contributed by atoms with Crippen molar-refractivity contribution in [3.8, 4) is 6.07 Å². The largest absolute Gasteiger partial charge is 0.356 e. The van der Waals surface area contributed by atoms with Crippen LogP contribution >= 0.6 is 11.6 Å². The van der Waals surface area contributed by atoms with Crippen molar-refractivity contribution in [2.24, 2.45) is 11.3 Å². The van der Waals surface area contributed by atoms with E-state index in [0.29, 0.717) is 36.6 Å². The smallest absolute Gasteiger partial charge is 0.271 e. The van der Waals surface area contributed by atoms with Gasteiger partial charge in [0.25, 0.3) is 5.91 Å². The SMILES string of the molecule is N#CC(C[C@@H]1CCCNC1=O)NC(=O)C1CC2(CCCCC2)CN1C(=O)c1cc2ccc(Cl)cc2[nH]1. The third kappa shape index (κ3) is 4.94. The summed E-state index contributed by atoms with van der Waals surface area (Å²) in [7, 11) is 0. The number of hydrogen-bond donors (Lipinski definition) is 3. The van der Waals surface area contributed by atoms with E-state index < -0.39 is 12.1 Å². The number of halogens is 1. The Balaban J connectivity index is 1.36. The second kappa shape index (κ2) is 10.1. The lowest BCUT2D eigenvalue weighted by molar-refractivity contribution is -0.128. The second-order valence-electron chi connectivity index (χ2n) is 10.7. The number of benzene rings is 1. The summed E-state index contributed by atoms with van der Waals surface area (Å²) in [5.74, 6) is -0.876. The lowest BCUT2D eigenvalue weighted by Crippen LogP contribution is -2.49. The van der Waals surface area contributed by atoms with Crippen molar-refractivity contribution in [3.05, 3.63) is 35.0 Å². The fourth-order valence-corrected chi connectivity index (χ4v) is 6.47. The molecule has 9 heteroatoms. The summed E-state index contributed by atoms with van der Waals surface area (Å²) in [5.41, 5.74) is 1.12. The average molecular weight is 510 g/mol. The summed E-state index contributed by atoms with van der Waals surface area (Å²) in [6, 6.07) is 7.96. The third-order valence-electron chi connectivity index (χ3n) is 8.19. The Hall–Kier alpha value is -3.05. The van der Waals surface area contributed by atoms with Gasteiger partial charge in [-0.2, -0.15) is 5.26 Å². The van der Waals surface area contributed by atoms with Gasteiger partial charge in [0, 0.05) is 34.9 Å². The highest BCUT2D eigenvalue weighted by molar-refractivity contribution is 6.31. The molecule has 1 aromatic carbocycles. The van der Waals surface area contributed by atoms with Crippen molar-refractivity contribution in [2.75, 3.05) is 13.1 Å². The van der Waals surface area contributed by atoms with Crippen molar-refractivity contribution in [3.63, 3.8) is 0 Å². The molecular weight excluding hydrogens is 478 g/mol. The van der Waals surface area contributed by atoms with E-state index in [-0.39, 0.29) is 35.5 Å². The maximum Gasteiger partial charge on any atom is 0.271 e. The van der Waals surface area contributed by atoms with Gasteiger partial charge in [0.05, 0.1) is 6.07 Å². The van der Waals surface area contributed by atoms with Gasteiger partial charge >= 0.3 is 0 Å². The van der Waals surface area contributed by atoms with Crippen LogP contribution in [0.25, 0.3) is 10.9 Å². The molecule has 0 bridgehead atoms. The Morgan fingerprint density at radius 1 is 1.22 bits per heavy atom. The molecule has 2 aliphatic heterocycles. The summed E-state index contributed by atoms with van der Waals surface area (Å²) in [6.45, 7) is 1.18. The molecule has 8 nitrogen and oxygen atoms in total. The number of fused-ring (bicyclic) bond motifs is 1. The zero-order chi connectivity index (χ0) is 25.3. The van der Waals surface area contributed by atoms with Gasteiger partial charge < -0.3 is 20.5 Å². The van der Waals surface area contributed by atoms with E-state index in [0.717, 1.165) is 43.0 Å². The van der Waals surface area contributed by atoms with Crippen molar-refractivity contribution in [2.45, 2.75) is 69.9 Å². The zero-order valence-corrected chi connectivity index (χ0v) is 21.1. The number of hydrogen-bond acceptors (Lipinski definition) is 4. The fraction of sp³-hybridized carbons (Fsp3) is 0.556. The van der Waals surface area contributed by atoms with Crippen LogP contribution in [0.15, 0.2) is 24.3 Å². The van der Waals surface area contributed by atoms with E-state index in [9.17, 15) is 19.6 Å². The maximum absolute atomic E-state index is 13.7. The van der Waals surface area contributed by atoms with Crippen molar-refractivity contribution in [1.82, 2.24) is 20.5 Å². The number of nitrogens with one attached hydrogen (secondary N) is 3. The summed E-state index contributed by atoms with van der Waals surface area (Å²) in [4.78, 5) is 44.3. The van der Waals surface area contributed by atoms with E-state index in [1.165, 1.54) is 6.42 Å². The minimum Gasteiger partial charge on any atom is -0.356 e. The molecule has 3 amide bonds. The van der Waals surface area contributed by atoms with Gasteiger partial charge in [-0.25, -0.2) is 0 Å². The van der Waals surface area contributed by atoms with Gasteiger partial charge in [-0.05, 0) is 62.1 Å². The number of aromatic amines is 1. The van der Waals surface area contributed by atoms with E-state index in [1.807, 2.05) is 6.07 Å². The molecule has 1 aromatic heterocycles. The normalized spacial score (nSPS) is 24.3. The number of amides is 3. The van der Waals surface area contributed by atoms with E-state index in [1.54, 1.807) is 23.1 Å². The second-order valence-corrected chi connectivity index (χ2v) is 11.1. The van der Waals surface area contributed by atoms with Gasteiger partial charge in [0.2, 0.25) is 11.8 Å². The monoisotopic (exact) mass is 509 g/mol. The predicted molar refractivity (Wildman–Crippen MR) is 136 cm³/mol. The molecule has 3 atom stereocenters. The first-order valence-electron chi connectivity index (χ1n) is 12.9. The highest BCUT2D eigenvalue weighted by atomic mass is 35.5. The molecule has 3 heterocycles. The fourth-order valence-electron chi connectivity index (χ4n) is 6.29. The van der Waals surface area contributed by atoms with Crippen LogP contribution in [-0.4, -0.2) is 52.8 Å². The number of nitriles is 1. The number of piperidine rings is 1. The molecule has 1 aliphatic carbocycles. The van der Waals surface area contributed by atoms with Gasteiger partial charge in [0.1, 0.15) is 17.8 Å². The number of nitrogens with zero attached hydrogens (tertiary/aromatic N) is 2. The predicted octanol–water partition coefficient (Wildman–Crippen LogP) is 3.91. The lowest BCUT2D eigenvalue weighted by Gasteiger charge is -2.32. The van der Waals surface area contributed by atoms with Crippen molar-refractivity contribution in [1.29, 1.82) is 5.26 Å². The number of carbonyl (C=O) groups is 3. The van der Waals surface area contributed by atoms with Gasteiger partial charge in [-0.1, -0.05) is 36.9 Å². The van der Waals surface area contributed by atoms with Crippen LogP contribution in [0, 0.1) is 22.7 Å². The van der Waals surface area contributed by atoms with E-state index in [4.69, 9.17) is 11.6 Å². The summed E-state index contributed by atoms with van der Waals surface area (Å²) < 4.78 is 0. The topological polar surface area (TPSA) is 118 Å². The number of aromatic nitrogens is 1. The first-order valence-corrected chi connectivity index (χ1v) is 13.3. The van der Waals surface area contributed by atoms with Crippen LogP contribution in [0.1, 0.15) is 68.3 Å². The molecule has 190 valence electrons. The van der Waals surface area contributed by atoms with Crippen LogP contribution in [0.3, 0.4) is 0 Å². The molecule has 3 aliphatic rings. The van der Waals surface area contributed by atoms with Gasteiger partial charge in [-0.3, -0.25) is 14.4 Å². The molecule has 2 saturated heterocycles. The average Bonchev–Trinajstić information content (AvgIpc) is 3.46. The van der Waals surface area contributed by atoms with Crippen molar-refractivity contribution < 1.29 is 14.4 Å². The van der Waals surface area contributed by atoms with Crippen molar-refractivity contribution >= 4 is 40.2 Å². The van der Waals surface area contributed by atoms with Crippen LogP contribution in [0.2, 0.25) is 5.02 Å². The van der Waals surface area contributed by atoms with E-state index >= 15 is 0 Å². The maximum atomic E-state index is 13.7. The molecule has 3 N–H and O–H groups in total. The number of likely N-dealkylation sites (tertiary alicyclic amines) is 1. The number of carbonyl (C=O) groups excluding carboxylic acids is 3. The van der Waals surface area contributed by atoms with Crippen LogP contribution in [0.5, 0.6) is 0 Å². The van der Waals surface area contributed by atoms with Crippen LogP contribution < -0.4 is 10.6 Å². The minimum atomic E-state index is -0.776. The standard InChI is InChI=1S/C27H32ClN5O3/c28-19-7-6-17-12-22(32-21(17)13-19)26(36)33-16-27(8-2-1-3-9-27)14-23(33)25(35)31-20(15-29)11-18-5-4-10-30-24(18)34/h6-7,12-13,18,20,23,32H,1-5,8-11,14,16H2,(H,30,34)(H,31,35)/t18-,20?,23?/m0/s1. The molecule has 36 heavy (non-hydrogen) atoms. The minimum absolute atomic E-state index is 0.0616. The first kappa shape index (κ1) is 24.6. The Labute approximate surface area is 215 Å². The lowest BCUT2D eigenvalue weighted by atomic mass is 9.72. The number of H-pyrrole nitrogens is 1. The third-order valence-corrected chi connectivity index (χ3v) is 8.43. The first-order chi connectivity index (χ1) is 17.4. The van der Waals surface area contributed by atoms with E-state index in [2.05, 4.69) is 21.7 Å². The molecule has 0 radical (unpaired) electrons. The van der Waals surface area contributed by atoms with Crippen LogP contribution in [0.4, 0.5) is 0 Å². The Morgan fingerprint density at radius 2 is 2.03 bits per heavy atom. The number of rotatable bonds is 5. The van der Waals surface area contributed by atoms with Crippen LogP contribution in [-0.2, 0) is 9.59 Å². The molecule has 2 unspecified atom stereocenters. The molecular formula is C27H32ClN5O3. The van der Waals surface area contributed by atoms with Gasteiger partial charge in [-0.15, -0.1) is 0 Å². The Kier molecular flexibility index (Phi) is 6.94. The highest BCUT2D eigenvalue weighted by Crippen LogP contribution is 2.46. The molecule has 5 rings (SSSR count). The Bertz CT molecular complexity index is 1210. The Morgan fingerprint density at radius 3 is 2.78 bits per heavy atom. The highest BCUT2D eigenvalue weighted by Gasteiger charge is 2.49.